The van der Waals surface area contributed by atoms with E-state index in [9.17, 15) is 4.79 Å². The first-order valence-corrected chi connectivity index (χ1v) is 11.5. The Morgan fingerprint density at radius 1 is 0.971 bits per heavy atom. The Kier molecular flexibility index (Phi) is 6.67. The summed E-state index contributed by atoms with van der Waals surface area (Å²) in [7, 11) is 0. The number of quaternary nitrogens is 1. The lowest BCUT2D eigenvalue weighted by Gasteiger charge is -2.22. The Bertz CT molecular complexity index is 1240. The molecular weight excluding hydrogens is 446 g/mol. The fraction of sp³-hybridized carbons (Fsp3) is 0.231. The van der Waals surface area contributed by atoms with E-state index in [1.165, 1.54) is 0 Å². The van der Waals surface area contributed by atoms with Gasteiger partial charge in [0.2, 0.25) is 12.6 Å². The first-order chi connectivity index (χ1) is 17.2. The Labute approximate surface area is 202 Å². The van der Waals surface area contributed by atoms with E-state index in [-0.39, 0.29) is 31.4 Å². The first kappa shape index (κ1) is 22.5. The van der Waals surface area contributed by atoms with Crippen LogP contribution in [0.1, 0.15) is 41.5 Å². The van der Waals surface area contributed by atoms with Gasteiger partial charge in [-0.3, -0.25) is 0 Å². The van der Waals surface area contributed by atoms with Gasteiger partial charge in [-0.2, -0.15) is 0 Å². The van der Waals surface area contributed by atoms with Crippen LogP contribution in [-0.4, -0.2) is 46.1 Å². The number of nitrogens with zero attached hydrogens (tertiary/aromatic N) is 4. The number of esters is 1. The molecule has 1 atom stereocenters. The number of ether oxygens (including phenoxy) is 3. The molecule has 0 radical (unpaired) electrons. The molecule has 0 saturated carbocycles. The third-order valence-corrected chi connectivity index (χ3v) is 5.85. The first-order valence-electron chi connectivity index (χ1n) is 11.5. The lowest BCUT2D eigenvalue weighted by atomic mass is 9.98. The molecule has 3 aromatic carbocycles. The smallest absolute Gasteiger partial charge is 0.361 e. The minimum Gasteiger partial charge on any atom is -0.462 e. The molecule has 1 aliphatic heterocycles. The predicted octanol–water partition coefficient (Wildman–Crippen LogP) is 2.26. The number of nitrogens with two attached hydrogens (primary N) is 1. The van der Waals surface area contributed by atoms with Crippen molar-refractivity contribution in [3.63, 3.8) is 0 Å². The maximum Gasteiger partial charge on any atom is 0.361 e. The van der Waals surface area contributed by atoms with Gasteiger partial charge >= 0.3 is 5.97 Å². The van der Waals surface area contributed by atoms with Gasteiger partial charge in [0.1, 0.15) is 6.04 Å². The molecule has 35 heavy (non-hydrogen) atoms. The fourth-order valence-corrected chi connectivity index (χ4v) is 4.27. The highest BCUT2D eigenvalue weighted by Gasteiger charge is 2.31. The largest absolute Gasteiger partial charge is 0.462 e. The molecule has 0 fully saturated rings. The normalized spacial score (nSPS) is 13.1. The second-order valence-corrected chi connectivity index (χ2v) is 8.04. The van der Waals surface area contributed by atoms with Crippen LogP contribution in [-0.2, 0) is 9.53 Å². The maximum absolute atomic E-state index is 12.2. The van der Waals surface area contributed by atoms with E-state index >= 15 is 0 Å². The van der Waals surface area contributed by atoms with Crippen LogP contribution in [0.2, 0.25) is 0 Å². The summed E-state index contributed by atoms with van der Waals surface area (Å²) >= 11 is 0. The van der Waals surface area contributed by atoms with E-state index in [1.807, 2.05) is 64.6 Å². The standard InChI is InChI=1S/C26H25N5O4/c1-2-33-23(32)16-27-24(20-13-14-21-22(15-20)35-17-34-21)26-28-29-30-31(26)25(18-9-5-3-6-10-18)19-11-7-4-8-12-19/h3-15,24-25,27H,2,16-17H2,1H3/p+1/t24-/m0/s1. The third-order valence-electron chi connectivity index (χ3n) is 5.85. The zero-order valence-corrected chi connectivity index (χ0v) is 19.3. The lowest BCUT2D eigenvalue weighted by molar-refractivity contribution is -0.679. The molecule has 4 aromatic rings. The number of aromatic nitrogens is 4. The van der Waals surface area contributed by atoms with E-state index in [2.05, 4.69) is 39.8 Å². The molecule has 1 aliphatic rings. The zero-order chi connectivity index (χ0) is 24.0. The monoisotopic (exact) mass is 472 g/mol. The fourth-order valence-electron chi connectivity index (χ4n) is 4.27. The van der Waals surface area contributed by atoms with Crippen molar-refractivity contribution in [3.8, 4) is 11.5 Å². The number of carbonyl (C=O) groups is 1. The molecule has 0 bridgehead atoms. The van der Waals surface area contributed by atoms with Crippen molar-refractivity contribution in [1.29, 1.82) is 0 Å². The lowest BCUT2D eigenvalue weighted by Crippen LogP contribution is -2.87. The SMILES string of the molecule is CCOC(=O)C[NH2+][C@@H](c1ccc2c(c1)OCO2)c1nnnn1C(c1ccccc1)c1ccccc1. The third kappa shape index (κ3) is 4.85. The van der Waals surface area contributed by atoms with Gasteiger partial charge in [0.05, 0.1) is 6.61 Å². The van der Waals surface area contributed by atoms with Gasteiger partial charge in [0.15, 0.2) is 24.1 Å². The number of benzene rings is 3. The predicted molar refractivity (Wildman–Crippen MR) is 126 cm³/mol. The van der Waals surface area contributed by atoms with Gasteiger partial charge in [-0.15, -0.1) is 5.10 Å². The summed E-state index contributed by atoms with van der Waals surface area (Å²) in [5.41, 5.74) is 2.97. The van der Waals surface area contributed by atoms with Crippen molar-refractivity contribution in [1.82, 2.24) is 20.2 Å². The van der Waals surface area contributed by atoms with Gasteiger partial charge in [-0.25, -0.2) is 9.48 Å². The molecule has 9 nitrogen and oxygen atoms in total. The Morgan fingerprint density at radius 2 is 1.66 bits per heavy atom. The highest BCUT2D eigenvalue weighted by atomic mass is 16.7. The Morgan fingerprint density at radius 3 is 2.34 bits per heavy atom. The van der Waals surface area contributed by atoms with Crippen LogP contribution in [0, 0.1) is 0 Å². The number of hydrogen-bond acceptors (Lipinski definition) is 7. The second kappa shape index (κ2) is 10.4. The highest BCUT2D eigenvalue weighted by molar-refractivity contribution is 5.70. The van der Waals surface area contributed by atoms with Crippen molar-refractivity contribution in [2.24, 2.45) is 0 Å². The molecule has 5 rings (SSSR count). The van der Waals surface area contributed by atoms with Gasteiger partial charge in [-0.05, 0) is 46.7 Å². The number of hydrogen-bond donors (Lipinski definition) is 1. The van der Waals surface area contributed by atoms with Crippen molar-refractivity contribution in [3.05, 3.63) is 101 Å². The molecular formula is C26H26N5O4+. The summed E-state index contributed by atoms with van der Waals surface area (Å²) in [4.78, 5) is 12.2. The average Bonchev–Trinajstić information content (AvgIpc) is 3.56. The van der Waals surface area contributed by atoms with Crippen molar-refractivity contribution in [2.45, 2.75) is 19.0 Å². The molecule has 2 N–H and O–H groups in total. The molecule has 0 unspecified atom stereocenters. The Hall–Kier alpha value is -4.24. The molecule has 0 amide bonds. The molecule has 0 aliphatic carbocycles. The molecule has 178 valence electrons. The van der Waals surface area contributed by atoms with E-state index < -0.39 is 0 Å². The minimum absolute atomic E-state index is 0.112. The molecule has 2 heterocycles. The number of carbonyl (C=O) groups excluding carboxylic acids is 1. The zero-order valence-electron chi connectivity index (χ0n) is 19.3. The number of tetrazole rings is 1. The topological polar surface area (TPSA) is 105 Å². The van der Waals surface area contributed by atoms with Gasteiger partial charge < -0.3 is 19.5 Å². The van der Waals surface area contributed by atoms with Crippen LogP contribution in [0.15, 0.2) is 78.9 Å². The second-order valence-electron chi connectivity index (χ2n) is 8.04. The van der Waals surface area contributed by atoms with Crippen LogP contribution in [0.3, 0.4) is 0 Å². The summed E-state index contributed by atoms with van der Waals surface area (Å²) in [5.74, 6) is 1.63. The van der Waals surface area contributed by atoms with Gasteiger partial charge in [0, 0.05) is 5.56 Å². The van der Waals surface area contributed by atoms with Crippen molar-refractivity contribution in [2.75, 3.05) is 19.9 Å². The highest BCUT2D eigenvalue weighted by Crippen LogP contribution is 2.35. The van der Waals surface area contributed by atoms with Crippen LogP contribution >= 0.6 is 0 Å². The average molecular weight is 473 g/mol. The summed E-state index contributed by atoms with van der Waals surface area (Å²) in [6, 6.07) is 25.3. The number of rotatable bonds is 9. The molecule has 1 aromatic heterocycles. The molecule has 0 spiro atoms. The van der Waals surface area contributed by atoms with Crippen LogP contribution in [0.25, 0.3) is 0 Å². The van der Waals surface area contributed by atoms with Crippen molar-refractivity contribution < 1.29 is 24.3 Å². The molecule has 0 saturated heterocycles. The van der Waals surface area contributed by atoms with E-state index in [4.69, 9.17) is 14.2 Å². The Balaban J connectivity index is 1.58. The van der Waals surface area contributed by atoms with Crippen LogP contribution in [0.5, 0.6) is 11.5 Å². The van der Waals surface area contributed by atoms with E-state index in [0.717, 1.165) is 16.7 Å². The summed E-state index contributed by atoms with van der Waals surface area (Å²) in [6.45, 7) is 2.40. The van der Waals surface area contributed by atoms with E-state index in [1.54, 1.807) is 6.92 Å². The summed E-state index contributed by atoms with van der Waals surface area (Å²) in [5, 5.41) is 14.8. The van der Waals surface area contributed by atoms with E-state index in [0.29, 0.717) is 23.9 Å². The summed E-state index contributed by atoms with van der Waals surface area (Å²) in [6.07, 6.45) is 0. The van der Waals surface area contributed by atoms with Crippen molar-refractivity contribution >= 4 is 5.97 Å². The van der Waals surface area contributed by atoms with Crippen LogP contribution < -0.4 is 14.8 Å². The number of fused-ring (bicyclic) bond motifs is 1. The summed E-state index contributed by atoms with van der Waals surface area (Å²) < 4.78 is 18.1. The van der Waals surface area contributed by atoms with Crippen LogP contribution in [0.4, 0.5) is 0 Å². The quantitative estimate of drug-likeness (QED) is 0.373. The molecule has 9 heteroatoms. The van der Waals surface area contributed by atoms with Gasteiger partial charge in [0.25, 0.3) is 0 Å². The maximum atomic E-state index is 12.2. The minimum atomic E-state index is -0.390. The van der Waals surface area contributed by atoms with Gasteiger partial charge in [-0.1, -0.05) is 60.7 Å².